The lowest BCUT2D eigenvalue weighted by atomic mass is 9.81. The Morgan fingerprint density at radius 3 is 1.56 bits per heavy atom. The average Bonchev–Trinajstić information content (AvgIpc) is 4.11. The molecule has 0 bridgehead atoms. The summed E-state index contributed by atoms with van der Waals surface area (Å²) in [5, 5.41) is 12.5. The zero-order valence-electron chi connectivity index (χ0n) is 40.5. The number of rotatable bonds is 6. The number of aryl methyl sites for hydroxylation is 2. The van der Waals surface area contributed by atoms with Gasteiger partial charge in [-0.3, -0.25) is 0 Å². The van der Waals surface area contributed by atoms with Crippen LogP contribution in [0.4, 0.5) is 34.1 Å². The zero-order valence-corrected chi connectivity index (χ0v) is 41.3. The minimum absolute atomic E-state index is 0.363. The second-order valence-electron chi connectivity index (χ2n) is 20.2. The predicted molar refractivity (Wildman–Crippen MR) is 309 cm³/mol. The van der Waals surface area contributed by atoms with Gasteiger partial charge in [0.2, 0.25) is 0 Å². The minimum Gasteiger partial charge on any atom is -0.344 e. The van der Waals surface area contributed by atoms with Crippen molar-refractivity contribution in [2.45, 2.75) is 19.3 Å². The number of hydrogen-bond donors (Lipinski definition) is 0. The third kappa shape index (κ3) is 5.68. The summed E-state index contributed by atoms with van der Waals surface area (Å²) in [5.74, 6) is 0. The van der Waals surface area contributed by atoms with Gasteiger partial charge in [0.05, 0.1) is 33.8 Å². The molecule has 0 radical (unpaired) electrons. The van der Waals surface area contributed by atoms with E-state index in [1.165, 1.54) is 125 Å². The molecule has 0 saturated heterocycles. The number of benzene rings is 11. The highest BCUT2D eigenvalue weighted by atomic mass is 32.1. The highest BCUT2D eigenvalue weighted by molar-refractivity contribution is 7.26. The standard InChI is InChI=1S/C67H48N4S/c1-67(2)51-39-44(70(59-31-17-33-62-66(59)50-24-11-14-32-61(50)72-62)57-29-15-27-55-64(57)48-22-9-12-25-53(48)68(55)3)36-37-47(51)63-46-21-8-7-20-45(46)60(40-52(63)67)71(43-35-34-41-18-5-6-19-42(41)38-43)58-30-16-28-56-65(58)49-23-10-13-26-54(49)69(56)4/h5-40H,1-4H3. The lowest BCUT2D eigenvalue weighted by Crippen LogP contribution is -2.18. The van der Waals surface area contributed by atoms with Gasteiger partial charge in [0.25, 0.3) is 0 Å². The molecule has 0 unspecified atom stereocenters. The van der Waals surface area contributed by atoms with Crippen LogP contribution < -0.4 is 9.80 Å². The van der Waals surface area contributed by atoms with Gasteiger partial charge >= 0.3 is 0 Å². The van der Waals surface area contributed by atoms with Gasteiger partial charge in [-0.1, -0.05) is 147 Å². The predicted octanol–water partition coefficient (Wildman–Crippen LogP) is 18.9. The first-order valence-corrected chi connectivity index (χ1v) is 25.8. The Hall–Kier alpha value is -8.64. The van der Waals surface area contributed by atoms with Gasteiger partial charge in [-0.15, -0.1) is 11.3 Å². The Morgan fingerprint density at radius 1 is 0.361 bits per heavy atom. The van der Waals surface area contributed by atoms with Crippen molar-refractivity contribution in [2.75, 3.05) is 9.80 Å². The number of thiophene rings is 1. The van der Waals surface area contributed by atoms with E-state index >= 15 is 0 Å². The molecular weight excluding hydrogens is 893 g/mol. The second kappa shape index (κ2) is 15.2. The smallest absolute Gasteiger partial charge is 0.0562 e. The van der Waals surface area contributed by atoms with E-state index in [2.05, 4.69) is 265 Å². The summed E-state index contributed by atoms with van der Waals surface area (Å²) < 4.78 is 7.27. The van der Waals surface area contributed by atoms with E-state index in [4.69, 9.17) is 0 Å². The second-order valence-corrected chi connectivity index (χ2v) is 21.2. The highest BCUT2D eigenvalue weighted by Crippen LogP contribution is 2.57. The van der Waals surface area contributed by atoms with E-state index in [1.54, 1.807) is 0 Å². The topological polar surface area (TPSA) is 16.3 Å². The van der Waals surface area contributed by atoms with Crippen LogP contribution in [-0.2, 0) is 19.5 Å². The van der Waals surface area contributed by atoms with Crippen molar-refractivity contribution >= 4 is 131 Å². The summed E-state index contributed by atoms with van der Waals surface area (Å²) in [5.41, 5.74) is 16.7. The first-order chi connectivity index (χ1) is 35.3. The number of nitrogens with zero attached hydrogens (tertiary/aromatic N) is 4. The molecule has 342 valence electrons. The van der Waals surface area contributed by atoms with Crippen LogP contribution in [0, 0.1) is 0 Å². The molecule has 4 nitrogen and oxygen atoms in total. The van der Waals surface area contributed by atoms with Crippen LogP contribution in [-0.4, -0.2) is 9.13 Å². The van der Waals surface area contributed by atoms with Gasteiger partial charge < -0.3 is 18.9 Å². The first kappa shape index (κ1) is 41.2. The molecule has 1 aliphatic carbocycles. The average molecular weight is 941 g/mol. The normalized spacial score (nSPS) is 13.1. The fourth-order valence-corrected chi connectivity index (χ4v) is 13.8. The molecule has 0 N–H and O–H groups in total. The van der Waals surface area contributed by atoms with Crippen LogP contribution in [0.15, 0.2) is 218 Å². The highest BCUT2D eigenvalue weighted by Gasteiger charge is 2.39. The minimum atomic E-state index is -0.363. The molecule has 3 aromatic heterocycles. The molecule has 0 aliphatic heterocycles. The fourth-order valence-electron chi connectivity index (χ4n) is 12.7. The quantitative estimate of drug-likeness (QED) is 0.165. The number of aromatic nitrogens is 2. The van der Waals surface area contributed by atoms with Crippen molar-refractivity contribution in [1.29, 1.82) is 0 Å². The molecule has 1 aliphatic rings. The first-order valence-electron chi connectivity index (χ1n) is 25.0. The monoisotopic (exact) mass is 940 g/mol. The van der Waals surface area contributed by atoms with Crippen molar-refractivity contribution in [3.05, 3.63) is 230 Å². The molecule has 0 spiro atoms. The zero-order chi connectivity index (χ0) is 48.0. The summed E-state index contributed by atoms with van der Waals surface area (Å²) in [6.45, 7) is 4.88. The lowest BCUT2D eigenvalue weighted by molar-refractivity contribution is 0.661. The largest absolute Gasteiger partial charge is 0.344 e. The van der Waals surface area contributed by atoms with Crippen LogP contribution in [0.1, 0.15) is 25.0 Å². The molecule has 5 heteroatoms. The molecule has 11 aromatic carbocycles. The SMILES string of the molecule is Cn1c2ccccc2c2c(N(c3ccc4ccccc4c3)c3cc4c(c5ccccc35)-c3ccc(N(c5cccc6sc7ccccc7c56)c5cccc6c5c5ccccc5n6C)cc3C4(C)C)cccc21. The van der Waals surface area contributed by atoms with Crippen LogP contribution in [0.2, 0.25) is 0 Å². The molecule has 72 heavy (non-hydrogen) atoms. The van der Waals surface area contributed by atoms with Crippen molar-refractivity contribution in [3.63, 3.8) is 0 Å². The van der Waals surface area contributed by atoms with Gasteiger partial charge in [0, 0.05) is 89.0 Å². The van der Waals surface area contributed by atoms with E-state index in [1.807, 2.05) is 11.3 Å². The summed E-state index contributed by atoms with van der Waals surface area (Å²) >= 11 is 1.87. The molecule has 0 saturated carbocycles. The Bertz CT molecular complexity index is 4600. The third-order valence-corrected chi connectivity index (χ3v) is 17.2. The van der Waals surface area contributed by atoms with Crippen molar-refractivity contribution in [1.82, 2.24) is 9.13 Å². The molecule has 3 heterocycles. The fraction of sp³-hybridized carbons (Fsp3) is 0.0746. The summed E-state index contributed by atoms with van der Waals surface area (Å²) in [6, 6.07) is 81.7. The number of anilines is 6. The van der Waals surface area contributed by atoms with E-state index in [0.717, 1.165) is 17.1 Å². The van der Waals surface area contributed by atoms with Crippen LogP contribution in [0.3, 0.4) is 0 Å². The van der Waals surface area contributed by atoms with Crippen LogP contribution >= 0.6 is 11.3 Å². The summed E-state index contributed by atoms with van der Waals surface area (Å²) in [7, 11) is 4.39. The van der Waals surface area contributed by atoms with E-state index in [0.29, 0.717) is 0 Å². The van der Waals surface area contributed by atoms with Crippen molar-refractivity contribution in [3.8, 4) is 11.1 Å². The molecule has 15 rings (SSSR count). The Morgan fingerprint density at radius 2 is 0.861 bits per heavy atom. The van der Waals surface area contributed by atoms with Gasteiger partial charge in [-0.25, -0.2) is 0 Å². The summed E-state index contributed by atoms with van der Waals surface area (Å²) in [4.78, 5) is 5.11. The Kier molecular flexibility index (Phi) is 8.68. The maximum absolute atomic E-state index is 2.56. The van der Waals surface area contributed by atoms with Gasteiger partial charge in [-0.2, -0.15) is 0 Å². The van der Waals surface area contributed by atoms with Gasteiger partial charge in [0.15, 0.2) is 0 Å². The Balaban J connectivity index is 0.987. The maximum Gasteiger partial charge on any atom is 0.0562 e. The molecular formula is C67H48N4S. The van der Waals surface area contributed by atoms with E-state index < -0.39 is 0 Å². The molecule has 0 fully saturated rings. The molecule has 0 amide bonds. The summed E-state index contributed by atoms with van der Waals surface area (Å²) in [6.07, 6.45) is 0. The number of fused-ring (bicyclic) bond motifs is 15. The van der Waals surface area contributed by atoms with Gasteiger partial charge in [0.1, 0.15) is 0 Å². The molecule has 14 aromatic rings. The van der Waals surface area contributed by atoms with Gasteiger partial charge in [-0.05, 0) is 123 Å². The number of para-hydroxylation sites is 2. The van der Waals surface area contributed by atoms with E-state index in [9.17, 15) is 0 Å². The maximum atomic E-state index is 2.56. The van der Waals surface area contributed by atoms with Crippen LogP contribution in [0.25, 0.3) is 96.5 Å². The number of hydrogen-bond acceptors (Lipinski definition) is 3. The van der Waals surface area contributed by atoms with Crippen molar-refractivity contribution in [2.24, 2.45) is 14.1 Å². The van der Waals surface area contributed by atoms with Crippen LogP contribution in [0.5, 0.6) is 0 Å². The third-order valence-electron chi connectivity index (χ3n) is 16.1. The molecule has 0 atom stereocenters. The van der Waals surface area contributed by atoms with Crippen molar-refractivity contribution < 1.29 is 0 Å². The van der Waals surface area contributed by atoms with E-state index in [-0.39, 0.29) is 5.41 Å². The lowest BCUT2D eigenvalue weighted by Gasteiger charge is -2.31. The Labute approximate surface area is 421 Å².